The molecule has 0 saturated heterocycles. The minimum Gasteiger partial charge on any atom is -0.390 e. The molecule has 2 aromatic rings. The molecule has 0 fully saturated rings. The molecule has 2 aromatic carbocycles. The first-order valence-electron chi connectivity index (χ1n) is 10.6. The van der Waals surface area contributed by atoms with Crippen LogP contribution in [0.15, 0.2) is 53.7 Å². The van der Waals surface area contributed by atoms with Gasteiger partial charge in [-0.05, 0) is 23.6 Å². The van der Waals surface area contributed by atoms with E-state index in [-0.39, 0.29) is 6.10 Å². The van der Waals surface area contributed by atoms with Crippen LogP contribution in [0, 0.1) is 5.92 Å². The maximum Gasteiger partial charge on any atom is 0.145 e. The Labute approximate surface area is 194 Å². The Morgan fingerprint density at radius 2 is 1.90 bits per heavy atom. The molecule has 0 unspecified atom stereocenters. The first-order chi connectivity index (χ1) is 14.9. The first-order valence-corrected chi connectivity index (χ1v) is 11.4. The fraction of sp³-hybridized carbons (Fsp3) is 0.458. The van der Waals surface area contributed by atoms with Gasteiger partial charge in [0.25, 0.3) is 0 Å². The van der Waals surface area contributed by atoms with Crippen molar-refractivity contribution in [3.05, 3.63) is 69.7 Å². The van der Waals surface area contributed by atoms with Gasteiger partial charge in [-0.2, -0.15) is 0 Å². The molecule has 0 radical (unpaired) electrons. The molecule has 168 valence electrons. The van der Waals surface area contributed by atoms with Gasteiger partial charge >= 0.3 is 0 Å². The maximum absolute atomic E-state index is 10.5. The van der Waals surface area contributed by atoms with Gasteiger partial charge in [-0.3, -0.25) is 4.90 Å². The molecule has 0 aromatic heterocycles. The highest BCUT2D eigenvalue weighted by atomic mass is 35.5. The lowest BCUT2D eigenvalue weighted by atomic mass is 10.0. The maximum atomic E-state index is 10.5. The van der Waals surface area contributed by atoms with E-state index in [1.54, 1.807) is 6.07 Å². The summed E-state index contributed by atoms with van der Waals surface area (Å²) >= 11 is 12.2. The number of halogens is 2. The van der Waals surface area contributed by atoms with E-state index in [2.05, 4.69) is 36.0 Å². The number of benzene rings is 2. The summed E-state index contributed by atoms with van der Waals surface area (Å²) < 4.78 is 5.62. The first kappa shape index (κ1) is 24.0. The number of aliphatic hydroxyl groups excluding tert-OH is 1. The van der Waals surface area contributed by atoms with Crippen molar-refractivity contribution in [3.63, 3.8) is 0 Å². The topological polar surface area (TPSA) is 54.3 Å². The average Bonchev–Trinajstić information content (AvgIpc) is 3.19. The highest BCUT2D eigenvalue weighted by molar-refractivity contribution is 6.42. The molecule has 5 nitrogen and oxygen atoms in total. The van der Waals surface area contributed by atoms with Gasteiger partial charge in [0.2, 0.25) is 0 Å². The summed E-state index contributed by atoms with van der Waals surface area (Å²) in [5, 5.41) is 15.8. The monoisotopic (exact) mass is 464 g/mol. The summed E-state index contributed by atoms with van der Waals surface area (Å²) in [5.41, 5.74) is 2.94. The van der Waals surface area contributed by atoms with Crippen LogP contribution in [0.2, 0.25) is 10.0 Å². The van der Waals surface area contributed by atoms with Gasteiger partial charge < -0.3 is 14.7 Å². The zero-order valence-electron chi connectivity index (χ0n) is 18.0. The number of rotatable bonds is 11. The van der Waals surface area contributed by atoms with Crippen molar-refractivity contribution >= 4 is 28.9 Å². The summed E-state index contributed by atoms with van der Waals surface area (Å²) in [4.78, 5) is 7.90. The third kappa shape index (κ3) is 7.78. The van der Waals surface area contributed by atoms with Crippen molar-refractivity contribution in [2.24, 2.45) is 11.1 Å². The van der Waals surface area contributed by atoms with E-state index in [1.807, 2.05) is 30.3 Å². The number of ether oxygens (including phenoxy) is 1. The van der Waals surface area contributed by atoms with Crippen LogP contribution in [0.5, 0.6) is 0 Å². The molecule has 0 saturated carbocycles. The molecule has 1 aliphatic heterocycles. The molecule has 1 N–H and O–H groups in total. The molecule has 0 aliphatic carbocycles. The Morgan fingerprint density at radius 3 is 2.61 bits per heavy atom. The Morgan fingerprint density at radius 1 is 1.13 bits per heavy atom. The molecule has 0 bridgehead atoms. The van der Waals surface area contributed by atoms with Crippen LogP contribution in [0.25, 0.3) is 0 Å². The Balaban J connectivity index is 1.59. The van der Waals surface area contributed by atoms with Crippen LogP contribution in [-0.2, 0) is 16.1 Å². The van der Waals surface area contributed by atoms with E-state index in [0.717, 1.165) is 11.3 Å². The molecule has 0 amide bonds. The molecule has 7 heteroatoms. The molecule has 1 heterocycles. The molecule has 2 atom stereocenters. The average molecular weight is 465 g/mol. The van der Waals surface area contributed by atoms with Crippen LogP contribution in [-0.4, -0.2) is 54.2 Å². The lowest BCUT2D eigenvalue weighted by Gasteiger charge is -2.27. The quantitative estimate of drug-likeness (QED) is 0.506. The number of nitrogens with zero attached hydrogens (tertiary/aromatic N) is 2. The Kier molecular flexibility index (Phi) is 9.17. The number of aliphatic hydroxyl groups is 1. The molecule has 0 spiro atoms. The van der Waals surface area contributed by atoms with Gasteiger partial charge in [-0.25, -0.2) is 0 Å². The van der Waals surface area contributed by atoms with Gasteiger partial charge in [0.15, 0.2) is 0 Å². The van der Waals surface area contributed by atoms with E-state index in [0.29, 0.717) is 55.2 Å². The fourth-order valence-electron chi connectivity index (χ4n) is 3.50. The lowest BCUT2D eigenvalue weighted by Crippen LogP contribution is -2.39. The number of hydrogen-bond acceptors (Lipinski definition) is 5. The van der Waals surface area contributed by atoms with E-state index >= 15 is 0 Å². The van der Waals surface area contributed by atoms with E-state index in [4.69, 9.17) is 32.8 Å². The van der Waals surface area contributed by atoms with Crippen LogP contribution in [0.3, 0.4) is 0 Å². The summed E-state index contributed by atoms with van der Waals surface area (Å²) in [5.74, 6) is 0.441. The largest absolute Gasteiger partial charge is 0.390 e. The van der Waals surface area contributed by atoms with E-state index in [1.165, 1.54) is 5.56 Å². The van der Waals surface area contributed by atoms with Crippen molar-refractivity contribution in [1.29, 1.82) is 0 Å². The van der Waals surface area contributed by atoms with Gasteiger partial charge in [0.1, 0.15) is 6.10 Å². The van der Waals surface area contributed by atoms with Crippen LogP contribution in [0.4, 0.5) is 0 Å². The zero-order valence-corrected chi connectivity index (χ0v) is 19.5. The number of oxime groups is 1. The van der Waals surface area contributed by atoms with E-state index in [9.17, 15) is 5.11 Å². The van der Waals surface area contributed by atoms with Crippen molar-refractivity contribution in [2.75, 3.05) is 26.3 Å². The predicted octanol–water partition coefficient (Wildman–Crippen LogP) is 5.02. The second-order valence-electron chi connectivity index (χ2n) is 8.36. The summed E-state index contributed by atoms with van der Waals surface area (Å²) in [7, 11) is 0. The second kappa shape index (κ2) is 11.8. The Bertz CT molecular complexity index is 861. The van der Waals surface area contributed by atoms with E-state index < -0.39 is 6.10 Å². The Hall–Kier alpha value is -1.63. The predicted molar refractivity (Wildman–Crippen MR) is 126 cm³/mol. The number of hydrogen-bond donors (Lipinski definition) is 1. The SMILES string of the molecule is CC(C)COC[C@@H](O)CN(Cc1ccccc1)C[C@H]1CC(c2ccc(Cl)c(Cl)c2)=NO1. The lowest BCUT2D eigenvalue weighted by molar-refractivity contribution is -0.00734. The standard InChI is InChI=1S/C24H30Cl2N2O3/c1-17(2)15-30-16-20(29)13-28(12-18-6-4-3-5-7-18)14-21-11-24(27-31-21)19-8-9-22(25)23(26)10-19/h3-10,17,20-21,29H,11-16H2,1-2H3/t20-,21+/m0/s1. The third-order valence-corrected chi connectivity index (χ3v) is 5.67. The van der Waals surface area contributed by atoms with Crippen molar-refractivity contribution in [2.45, 2.75) is 39.0 Å². The van der Waals surface area contributed by atoms with Gasteiger partial charge in [0.05, 0.1) is 28.5 Å². The molecule has 3 rings (SSSR count). The molecule has 1 aliphatic rings. The summed E-state index contributed by atoms with van der Waals surface area (Å²) in [6, 6.07) is 15.7. The third-order valence-electron chi connectivity index (χ3n) is 4.93. The van der Waals surface area contributed by atoms with Crippen LogP contribution < -0.4 is 0 Å². The minimum atomic E-state index is -0.570. The molecular formula is C24H30Cl2N2O3. The zero-order chi connectivity index (χ0) is 22.2. The summed E-state index contributed by atoms with van der Waals surface area (Å²) in [6.45, 7) is 7.00. The van der Waals surface area contributed by atoms with Crippen LogP contribution >= 0.6 is 23.2 Å². The highest BCUT2D eigenvalue weighted by Gasteiger charge is 2.26. The highest BCUT2D eigenvalue weighted by Crippen LogP contribution is 2.26. The van der Waals surface area contributed by atoms with Crippen molar-refractivity contribution in [1.82, 2.24) is 4.90 Å². The van der Waals surface area contributed by atoms with Gasteiger partial charge in [0, 0.05) is 38.2 Å². The van der Waals surface area contributed by atoms with Crippen molar-refractivity contribution in [3.8, 4) is 0 Å². The molecular weight excluding hydrogens is 435 g/mol. The van der Waals surface area contributed by atoms with Gasteiger partial charge in [-0.15, -0.1) is 0 Å². The van der Waals surface area contributed by atoms with Gasteiger partial charge in [-0.1, -0.05) is 78.6 Å². The summed E-state index contributed by atoms with van der Waals surface area (Å²) in [6.07, 6.45) is -0.000280. The van der Waals surface area contributed by atoms with Crippen LogP contribution in [0.1, 0.15) is 31.4 Å². The second-order valence-corrected chi connectivity index (χ2v) is 9.18. The van der Waals surface area contributed by atoms with Crippen molar-refractivity contribution < 1.29 is 14.7 Å². The normalized spacial score (nSPS) is 17.1. The minimum absolute atomic E-state index is 0.100. The molecule has 31 heavy (non-hydrogen) atoms. The smallest absolute Gasteiger partial charge is 0.145 e. The fourth-order valence-corrected chi connectivity index (χ4v) is 3.79.